The van der Waals surface area contributed by atoms with Crippen molar-refractivity contribution in [2.24, 2.45) is 16.9 Å². The molecule has 0 aromatic heterocycles. The molecule has 1 aliphatic carbocycles. The third kappa shape index (κ3) is 3.16. The van der Waals surface area contributed by atoms with Crippen LogP contribution in [0.4, 0.5) is 5.69 Å². The minimum absolute atomic E-state index is 0.0921. The number of nitrogens with one attached hydrogen (secondary N) is 2. The van der Waals surface area contributed by atoms with Crippen LogP contribution < -0.4 is 10.1 Å². The van der Waals surface area contributed by atoms with Crippen LogP contribution in [0.3, 0.4) is 0 Å². The van der Waals surface area contributed by atoms with Crippen molar-refractivity contribution in [1.82, 2.24) is 9.73 Å². The molecule has 0 radical (unpaired) electrons. The van der Waals surface area contributed by atoms with E-state index in [9.17, 15) is 8.42 Å². The molecule has 0 amide bonds. The highest BCUT2D eigenvalue weighted by Crippen LogP contribution is 2.58. The SMILES string of the molecule is CC[C@H]1C[C@H]2C(=NNS(=O)(=O)c3ccc(C)cc3)C[C@H]3Nc4ccccc4[C@]34CCN(C1)[C@H]24. The van der Waals surface area contributed by atoms with Gasteiger partial charge in [0.1, 0.15) is 0 Å². The molecule has 3 heterocycles. The summed E-state index contributed by atoms with van der Waals surface area (Å²) in [6.07, 6.45) is 4.16. The zero-order valence-electron chi connectivity index (χ0n) is 19.3. The van der Waals surface area contributed by atoms with E-state index in [1.165, 1.54) is 11.3 Å². The van der Waals surface area contributed by atoms with Crippen LogP contribution in [0, 0.1) is 18.8 Å². The molecule has 0 unspecified atom stereocenters. The van der Waals surface area contributed by atoms with E-state index < -0.39 is 10.0 Å². The fourth-order valence-corrected chi connectivity index (χ4v) is 7.91. The van der Waals surface area contributed by atoms with Crippen LogP contribution in [0.5, 0.6) is 0 Å². The second-order valence-electron chi connectivity index (χ2n) is 10.3. The highest BCUT2D eigenvalue weighted by Gasteiger charge is 2.64. The third-order valence-corrected chi connectivity index (χ3v) is 9.86. The van der Waals surface area contributed by atoms with E-state index in [1.807, 2.05) is 19.1 Å². The molecule has 4 aliphatic rings. The molecule has 2 saturated heterocycles. The first-order valence-electron chi connectivity index (χ1n) is 12.2. The van der Waals surface area contributed by atoms with Crippen molar-refractivity contribution < 1.29 is 8.42 Å². The fraction of sp³-hybridized carbons (Fsp3) is 0.500. The number of nitrogens with zero attached hydrogens (tertiary/aromatic N) is 2. The van der Waals surface area contributed by atoms with Gasteiger partial charge in [0.15, 0.2) is 0 Å². The Morgan fingerprint density at radius 1 is 1.18 bits per heavy atom. The zero-order chi connectivity index (χ0) is 22.8. The summed E-state index contributed by atoms with van der Waals surface area (Å²) in [6, 6.07) is 16.3. The van der Waals surface area contributed by atoms with E-state index in [4.69, 9.17) is 0 Å². The molecule has 2 aromatic carbocycles. The molecular formula is C26H32N4O2S. The average Bonchev–Trinajstić information content (AvgIpc) is 3.37. The zero-order valence-corrected chi connectivity index (χ0v) is 20.1. The van der Waals surface area contributed by atoms with Crippen LogP contribution in [0.1, 0.15) is 43.7 Å². The molecule has 33 heavy (non-hydrogen) atoms. The second kappa shape index (κ2) is 7.57. The van der Waals surface area contributed by atoms with Gasteiger partial charge in [-0.05, 0) is 56.0 Å². The molecule has 0 bridgehead atoms. The van der Waals surface area contributed by atoms with Gasteiger partial charge in [-0.2, -0.15) is 13.5 Å². The summed E-state index contributed by atoms with van der Waals surface area (Å²) < 4.78 is 25.9. The van der Waals surface area contributed by atoms with Crippen molar-refractivity contribution in [3.8, 4) is 0 Å². The maximum Gasteiger partial charge on any atom is 0.276 e. The van der Waals surface area contributed by atoms with Gasteiger partial charge in [-0.3, -0.25) is 4.90 Å². The maximum atomic E-state index is 13.0. The van der Waals surface area contributed by atoms with Crippen LogP contribution in [0.2, 0.25) is 0 Å². The lowest BCUT2D eigenvalue weighted by molar-refractivity contribution is 0.0711. The molecule has 7 heteroatoms. The number of hydrogen-bond donors (Lipinski definition) is 2. The lowest BCUT2D eigenvalue weighted by Crippen LogP contribution is -2.62. The number of hydrogen-bond acceptors (Lipinski definition) is 5. The predicted molar refractivity (Wildman–Crippen MR) is 131 cm³/mol. The van der Waals surface area contributed by atoms with Gasteiger partial charge in [0.25, 0.3) is 10.0 Å². The van der Waals surface area contributed by atoms with E-state index in [0.29, 0.717) is 12.0 Å². The molecule has 5 atom stereocenters. The van der Waals surface area contributed by atoms with Crippen molar-refractivity contribution in [1.29, 1.82) is 0 Å². The third-order valence-electron chi connectivity index (χ3n) is 8.63. The fourth-order valence-electron chi connectivity index (χ4n) is 7.07. The molecule has 1 saturated carbocycles. The van der Waals surface area contributed by atoms with E-state index in [0.717, 1.165) is 50.0 Å². The highest BCUT2D eigenvalue weighted by molar-refractivity contribution is 7.89. The maximum absolute atomic E-state index is 13.0. The quantitative estimate of drug-likeness (QED) is 0.674. The van der Waals surface area contributed by atoms with Crippen molar-refractivity contribution in [2.75, 3.05) is 18.4 Å². The summed E-state index contributed by atoms with van der Waals surface area (Å²) in [6.45, 7) is 6.46. The summed E-state index contributed by atoms with van der Waals surface area (Å²) in [5, 5.41) is 8.43. The monoisotopic (exact) mass is 464 g/mol. The van der Waals surface area contributed by atoms with Crippen molar-refractivity contribution in [3.63, 3.8) is 0 Å². The van der Waals surface area contributed by atoms with Gasteiger partial charge in [-0.15, -0.1) is 0 Å². The summed E-state index contributed by atoms with van der Waals surface area (Å²) in [5.41, 5.74) is 4.81. The van der Waals surface area contributed by atoms with Crippen molar-refractivity contribution in [2.45, 2.75) is 61.9 Å². The van der Waals surface area contributed by atoms with E-state index in [2.05, 4.69) is 51.3 Å². The van der Waals surface area contributed by atoms with Gasteiger partial charge >= 0.3 is 0 Å². The summed E-state index contributed by atoms with van der Waals surface area (Å²) in [4.78, 5) is 5.53. The molecule has 6 nitrogen and oxygen atoms in total. The van der Waals surface area contributed by atoms with Crippen molar-refractivity contribution in [3.05, 3.63) is 59.7 Å². The first kappa shape index (κ1) is 21.2. The lowest BCUT2D eigenvalue weighted by atomic mass is 9.58. The standard InChI is InChI=1S/C26H32N4O2S/c1-3-18-14-20-23(28-29-33(31,32)19-10-8-17(2)9-11-19)15-24-26(12-13-30(16-18)25(20)26)21-6-4-5-7-22(21)27-24/h4-11,18,20,24-25,27,29H,3,12-16H2,1-2H3/t18-,20-,24+,25+,26+/m0/s1. The van der Waals surface area contributed by atoms with Gasteiger partial charge in [-0.1, -0.05) is 49.2 Å². The van der Waals surface area contributed by atoms with Crippen LogP contribution in [0.15, 0.2) is 58.5 Å². The summed E-state index contributed by atoms with van der Waals surface area (Å²) in [7, 11) is -3.69. The molecule has 3 fully saturated rings. The van der Waals surface area contributed by atoms with Gasteiger partial charge < -0.3 is 5.32 Å². The lowest BCUT2D eigenvalue weighted by Gasteiger charge is -2.52. The molecular weight excluding hydrogens is 432 g/mol. The number of aryl methyl sites for hydroxylation is 1. The molecule has 2 N–H and O–H groups in total. The summed E-state index contributed by atoms with van der Waals surface area (Å²) in [5.74, 6) is 0.901. The highest BCUT2D eigenvalue weighted by atomic mass is 32.2. The number of hydrazone groups is 1. The smallest absolute Gasteiger partial charge is 0.276 e. The van der Waals surface area contributed by atoms with E-state index in [1.54, 1.807) is 12.1 Å². The number of sulfonamides is 1. The minimum Gasteiger partial charge on any atom is -0.381 e. The Balaban J connectivity index is 1.38. The molecule has 6 rings (SSSR count). The average molecular weight is 465 g/mol. The van der Waals surface area contributed by atoms with Crippen LogP contribution in [-0.2, 0) is 15.4 Å². The van der Waals surface area contributed by atoms with Gasteiger partial charge in [0.2, 0.25) is 0 Å². The minimum atomic E-state index is -3.69. The number of benzene rings is 2. The number of para-hydroxylation sites is 1. The van der Waals surface area contributed by atoms with Crippen LogP contribution >= 0.6 is 0 Å². The predicted octanol–water partition coefficient (Wildman–Crippen LogP) is 3.89. The Hall–Kier alpha value is -2.38. The van der Waals surface area contributed by atoms with Crippen LogP contribution in [-0.4, -0.2) is 44.2 Å². The summed E-state index contributed by atoms with van der Waals surface area (Å²) >= 11 is 0. The first-order chi connectivity index (χ1) is 15.9. The Morgan fingerprint density at radius 2 is 1.97 bits per heavy atom. The Bertz CT molecular complexity index is 1210. The topological polar surface area (TPSA) is 73.8 Å². The van der Waals surface area contributed by atoms with Gasteiger partial charge in [0.05, 0.1) is 4.90 Å². The number of rotatable bonds is 4. The number of fused-ring (bicyclic) bond motifs is 1. The Morgan fingerprint density at radius 3 is 2.76 bits per heavy atom. The molecule has 2 aromatic rings. The molecule has 174 valence electrons. The van der Waals surface area contributed by atoms with Gasteiger partial charge in [0, 0.05) is 47.8 Å². The second-order valence-corrected chi connectivity index (χ2v) is 12.0. The van der Waals surface area contributed by atoms with Crippen molar-refractivity contribution >= 4 is 21.4 Å². The van der Waals surface area contributed by atoms with Crippen LogP contribution in [0.25, 0.3) is 0 Å². The molecule has 3 aliphatic heterocycles. The number of anilines is 1. The Kier molecular flexibility index (Phi) is 4.86. The van der Waals surface area contributed by atoms with Gasteiger partial charge in [-0.25, -0.2) is 4.83 Å². The normalized spacial score (nSPS) is 33.8. The largest absolute Gasteiger partial charge is 0.381 e. The number of piperidine rings is 1. The van der Waals surface area contributed by atoms with E-state index >= 15 is 0 Å². The molecule has 1 spiro atoms. The first-order valence-corrected chi connectivity index (χ1v) is 13.7. The Labute approximate surface area is 196 Å². The van der Waals surface area contributed by atoms with E-state index in [-0.39, 0.29) is 22.3 Å².